The molecule has 0 amide bonds. The summed E-state index contributed by atoms with van der Waals surface area (Å²) in [5, 5.41) is 10.1. The molecule has 1 aromatic carbocycles. The molecule has 0 atom stereocenters. The van der Waals surface area contributed by atoms with Crippen LogP contribution in [0.1, 0.15) is 31.2 Å². The van der Waals surface area contributed by atoms with Gasteiger partial charge in [-0.05, 0) is 37.5 Å². The minimum atomic E-state index is 0.762. The Morgan fingerprint density at radius 1 is 1.22 bits per heavy atom. The number of rotatable bonds is 6. The van der Waals surface area contributed by atoms with Gasteiger partial charge in [0, 0.05) is 23.6 Å². The monoisotopic (exact) mass is 238 g/mol. The number of hydrogen-bond donors (Lipinski definition) is 0. The number of aryl methyl sites for hydroxylation is 1. The van der Waals surface area contributed by atoms with Crippen LogP contribution in [0.5, 0.6) is 0 Å². The van der Waals surface area contributed by atoms with Crippen LogP contribution in [-0.4, -0.2) is 4.57 Å². The zero-order chi connectivity index (χ0) is 12.8. The second-order valence-electron chi connectivity index (χ2n) is 4.50. The van der Waals surface area contributed by atoms with Crippen molar-refractivity contribution in [2.75, 3.05) is 0 Å². The van der Waals surface area contributed by atoms with E-state index in [2.05, 4.69) is 29.5 Å². The molecule has 1 aromatic heterocycles. The summed E-state index contributed by atoms with van der Waals surface area (Å²) >= 11 is 0. The van der Waals surface area contributed by atoms with Crippen molar-refractivity contribution in [1.29, 1.82) is 5.26 Å². The largest absolute Gasteiger partial charge is 0.347 e. The predicted octanol–water partition coefficient (Wildman–Crippen LogP) is 4.26. The number of benzene rings is 1. The summed E-state index contributed by atoms with van der Waals surface area (Å²) in [6.07, 6.45) is 8.78. The van der Waals surface area contributed by atoms with Crippen LogP contribution >= 0.6 is 0 Å². The maximum absolute atomic E-state index is 9.05. The van der Waals surface area contributed by atoms with Crippen molar-refractivity contribution in [3.8, 4) is 6.07 Å². The van der Waals surface area contributed by atoms with Gasteiger partial charge in [-0.2, -0.15) is 5.26 Å². The molecule has 2 aromatic rings. The van der Waals surface area contributed by atoms with Crippen molar-refractivity contribution in [3.63, 3.8) is 0 Å². The van der Waals surface area contributed by atoms with E-state index in [1.54, 1.807) is 0 Å². The first-order chi connectivity index (χ1) is 8.86. The zero-order valence-corrected chi connectivity index (χ0v) is 10.6. The van der Waals surface area contributed by atoms with Gasteiger partial charge in [0.15, 0.2) is 0 Å². The Kier molecular flexibility index (Phi) is 4.20. The standard InChI is InChI=1S/C16H18N2/c1-2-3-4-5-6-11-18-12-10-15-14(13-17)8-7-9-16(15)18/h2,7-10,12H,1,3-6,11H2. The minimum absolute atomic E-state index is 0.762. The molecule has 0 fully saturated rings. The molecule has 18 heavy (non-hydrogen) atoms. The average molecular weight is 238 g/mol. The van der Waals surface area contributed by atoms with Gasteiger partial charge in [0.05, 0.1) is 11.6 Å². The Balaban J connectivity index is 2.06. The molecule has 0 saturated carbocycles. The third kappa shape index (κ3) is 2.62. The van der Waals surface area contributed by atoms with Gasteiger partial charge in [0.1, 0.15) is 0 Å². The van der Waals surface area contributed by atoms with Crippen molar-refractivity contribution in [3.05, 3.63) is 48.7 Å². The van der Waals surface area contributed by atoms with Crippen LogP contribution in [0.25, 0.3) is 10.9 Å². The molecule has 0 unspecified atom stereocenters. The van der Waals surface area contributed by atoms with E-state index in [9.17, 15) is 0 Å². The topological polar surface area (TPSA) is 28.7 Å². The molecule has 0 aliphatic rings. The molecule has 2 nitrogen and oxygen atoms in total. The van der Waals surface area contributed by atoms with E-state index in [0.29, 0.717) is 0 Å². The first kappa shape index (κ1) is 12.4. The number of unbranched alkanes of at least 4 members (excludes halogenated alkanes) is 3. The molecule has 0 spiro atoms. The van der Waals surface area contributed by atoms with E-state index >= 15 is 0 Å². The SMILES string of the molecule is C=CCCCCCn1ccc2c(C#N)cccc21. The van der Waals surface area contributed by atoms with Crippen LogP contribution < -0.4 is 0 Å². The lowest BCUT2D eigenvalue weighted by atomic mass is 10.1. The highest BCUT2D eigenvalue weighted by Crippen LogP contribution is 2.20. The van der Waals surface area contributed by atoms with Crippen LogP contribution in [-0.2, 0) is 6.54 Å². The zero-order valence-electron chi connectivity index (χ0n) is 10.6. The number of aromatic nitrogens is 1. The van der Waals surface area contributed by atoms with Crippen molar-refractivity contribution >= 4 is 10.9 Å². The Hall–Kier alpha value is -2.01. The van der Waals surface area contributed by atoms with Gasteiger partial charge in [-0.25, -0.2) is 0 Å². The summed E-state index contributed by atoms with van der Waals surface area (Å²) < 4.78 is 2.24. The molecule has 92 valence electrons. The molecule has 2 heteroatoms. The van der Waals surface area contributed by atoms with Crippen molar-refractivity contribution < 1.29 is 0 Å². The van der Waals surface area contributed by atoms with Crippen LogP contribution in [0.4, 0.5) is 0 Å². The van der Waals surface area contributed by atoms with E-state index in [-0.39, 0.29) is 0 Å². The third-order valence-electron chi connectivity index (χ3n) is 3.24. The van der Waals surface area contributed by atoms with Gasteiger partial charge in [-0.1, -0.05) is 18.6 Å². The first-order valence-corrected chi connectivity index (χ1v) is 6.45. The maximum atomic E-state index is 9.05. The Morgan fingerprint density at radius 2 is 2.11 bits per heavy atom. The summed E-state index contributed by atoms with van der Waals surface area (Å²) in [5.41, 5.74) is 1.93. The number of nitrogens with zero attached hydrogens (tertiary/aromatic N) is 2. The second-order valence-corrected chi connectivity index (χ2v) is 4.50. The molecule has 2 rings (SSSR count). The fourth-order valence-electron chi connectivity index (χ4n) is 2.26. The summed E-state index contributed by atoms with van der Waals surface area (Å²) in [6.45, 7) is 4.76. The number of allylic oxidation sites excluding steroid dienone is 1. The van der Waals surface area contributed by atoms with E-state index < -0.39 is 0 Å². The highest BCUT2D eigenvalue weighted by Gasteiger charge is 2.04. The van der Waals surface area contributed by atoms with Crippen LogP contribution in [0.3, 0.4) is 0 Å². The normalized spacial score (nSPS) is 10.4. The molecule has 0 N–H and O–H groups in total. The molecule has 0 aliphatic heterocycles. The average Bonchev–Trinajstić information content (AvgIpc) is 2.82. The van der Waals surface area contributed by atoms with Gasteiger partial charge < -0.3 is 4.57 Å². The Morgan fingerprint density at radius 3 is 2.89 bits per heavy atom. The van der Waals surface area contributed by atoms with Crippen LogP contribution in [0.15, 0.2) is 43.1 Å². The first-order valence-electron chi connectivity index (χ1n) is 6.45. The predicted molar refractivity (Wildman–Crippen MR) is 75.3 cm³/mol. The van der Waals surface area contributed by atoms with Crippen molar-refractivity contribution in [1.82, 2.24) is 4.57 Å². The van der Waals surface area contributed by atoms with Gasteiger partial charge in [-0.15, -0.1) is 6.58 Å². The fraction of sp³-hybridized carbons (Fsp3) is 0.312. The fourth-order valence-corrected chi connectivity index (χ4v) is 2.26. The number of hydrogen-bond acceptors (Lipinski definition) is 1. The van der Waals surface area contributed by atoms with Gasteiger partial charge in [0.2, 0.25) is 0 Å². The molecular formula is C16H18N2. The third-order valence-corrected chi connectivity index (χ3v) is 3.24. The lowest BCUT2D eigenvalue weighted by Gasteiger charge is -2.05. The molecule has 1 heterocycles. The highest BCUT2D eigenvalue weighted by atomic mass is 14.9. The highest BCUT2D eigenvalue weighted by molar-refractivity contribution is 5.85. The van der Waals surface area contributed by atoms with Gasteiger partial charge >= 0.3 is 0 Å². The minimum Gasteiger partial charge on any atom is -0.347 e. The number of nitriles is 1. The second kappa shape index (κ2) is 6.07. The van der Waals surface area contributed by atoms with Crippen LogP contribution in [0.2, 0.25) is 0 Å². The lowest BCUT2D eigenvalue weighted by molar-refractivity contribution is 0.603. The molecule has 0 aliphatic carbocycles. The van der Waals surface area contributed by atoms with Crippen molar-refractivity contribution in [2.45, 2.75) is 32.2 Å². The Labute approximate surface area is 108 Å². The summed E-state index contributed by atoms with van der Waals surface area (Å²) in [4.78, 5) is 0. The van der Waals surface area contributed by atoms with Crippen molar-refractivity contribution in [2.24, 2.45) is 0 Å². The molecule has 0 saturated heterocycles. The van der Waals surface area contributed by atoms with E-state index in [0.717, 1.165) is 29.4 Å². The lowest BCUT2D eigenvalue weighted by Crippen LogP contribution is -1.95. The quantitative estimate of drug-likeness (QED) is 0.546. The summed E-state index contributed by atoms with van der Waals surface area (Å²) in [7, 11) is 0. The summed E-state index contributed by atoms with van der Waals surface area (Å²) in [6, 6.07) is 10.2. The smallest absolute Gasteiger partial charge is 0.0998 e. The number of fused-ring (bicyclic) bond motifs is 1. The Bertz CT molecular complexity index is 572. The van der Waals surface area contributed by atoms with Crippen LogP contribution in [0, 0.1) is 11.3 Å². The summed E-state index contributed by atoms with van der Waals surface area (Å²) in [5.74, 6) is 0. The van der Waals surface area contributed by atoms with Gasteiger partial charge in [0.25, 0.3) is 0 Å². The molecular weight excluding hydrogens is 220 g/mol. The van der Waals surface area contributed by atoms with Gasteiger partial charge in [-0.3, -0.25) is 0 Å². The van der Waals surface area contributed by atoms with E-state index in [4.69, 9.17) is 5.26 Å². The maximum Gasteiger partial charge on any atom is 0.0998 e. The van der Waals surface area contributed by atoms with E-state index in [1.807, 2.05) is 24.3 Å². The van der Waals surface area contributed by atoms with E-state index in [1.165, 1.54) is 19.3 Å². The molecule has 0 bridgehead atoms. The molecule has 0 radical (unpaired) electrons.